The zero-order valence-electron chi connectivity index (χ0n) is 32.7. The first-order chi connectivity index (χ1) is 27.9. The number of aromatic nitrogens is 1. The van der Waals surface area contributed by atoms with Crippen LogP contribution in [-0.2, 0) is 11.8 Å². The van der Waals surface area contributed by atoms with Gasteiger partial charge in [0.25, 0.3) is 0 Å². The summed E-state index contributed by atoms with van der Waals surface area (Å²) in [5, 5.41) is 7.53. The summed E-state index contributed by atoms with van der Waals surface area (Å²) in [6.45, 7) is 6.97. The lowest BCUT2D eigenvalue weighted by Crippen LogP contribution is -2.26. The molecule has 0 spiro atoms. The molecule has 0 saturated heterocycles. The van der Waals surface area contributed by atoms with Gasteiger partial charge in [-0.3, -0.25) is 0 Å². The quantitative estimate of drug-likeness (QED) is 0.191. The van der Waals surface area contributed by atoms with E-state index in [9.17, 15) is 0 Å². The zero-order valence-corrected chi connectivity index (χ0v) is 32.7. The molecule has 0 amide bonds. The first-order valence-corrected chi connectivity index (χ1v) is 20.5. The van der Waals surface area contributed by atoms with E-state index >= 15 is 0 Å². The molecular formula is C53H45N3O. The maximum atomic E-state index is 6.24. The van der Waals surface area contributed by atoms with Gasteiger partial charge in [0, 0.05) is 39.0 Å². The number of nitrogens with zero attached hydrogens (tertiary/aromatic N) is 2. The van der Waals surface area contributed by atoms with Crippen molar-refractivity contribution >= 4 is 62.4 Å². The van der Waals surface area contributed by atoms with Crippen LogP contribution >= 0.6 is 0 Å². The Labute approximate surface area is 333 Å². The van der Waals surface area contributed by atoms with Gasteiger partial charge in [-0.25, -0.2) is 4.99 Å². The van der Waals surface area contributed by atoms with Crippen molar-refractivity contribution in [3.8, 4) is 11.1 Å². The molecule has 1 N–H and O–H groups in total. The van der Waals surface area contributed by atoms with Crippen LogP contribution in [0.15, 0.2) is 149 Å². The van der Waals surface area contributed by atoms with Crippen LogP contribution in [-0.4, -0.2) is 10.8 Å². The molecule has 57 heavy (non-hydrogen) atoms. The van der Waals surface area contributed by atoms with E-state index in [0.29, 0.717) is 11.8 Å². The van der Waals surface area contributed by atoms with Gasteiger partial charge in [-0.2, -0.15) is 0 Å². The highest BCUT2D eigenvalue weighted by molar-refractivity contribution is 6.08. The van der Waals surface area contributed by atoms with Gasteiger partial charge in [-0.15, -0.1) is 0 Å². The average molecular weight is 740 g/mol. The number of para-hydroxylation sites is 1. The molecule has 3 heterocycles. The van der Waals surface area contributed by atoms with Crippen LogP contribution < -0.4 is 5.32 Å². The molecule has 5 aromatic carbocycles. The van der Waals surface area contributed by atoms with Crippen LogP contribution in [0.25, 0.3) is 67.3 Å². The molecule has 4 nitrogen and oxygen atoms in total. The standard InChI is InChI=1S/C53H45N3O/c1-33-17-18-35-10-8-14-41(44(35)29-33)36-23-26-53(3,27-24-36)40-20-21-43-42-13-4-5-15-47(42)56(48(43)32-40)52-54-28-25-46(55-52)39-12-7-11-37(30-39)38-19-22-49-45(31-38)51-34(2)9-6-16-50(51)57-49/h4-8,10-26,28,30-34,52,55H,9,27,29H2,1-3H3. The van der Waals surface area contributed by atoms with Crippen molar-refractivity contribution in [1.82, 2.24) is 9.88 Å². The molecule has 11 rings (SSSR count). The normalized spacial score (nSPS) is 22.4. The zero-order chi connectivity index (χ0) is 38.3. The summed E-state index contributed by atoms with van der Waals surface area (Å²) in [6, 6.07) is 38.0. The highest BCUT2D eigenvalue weighted by Crippen LogP contribution is 2.43. The molecule has 4 aliphatic rings. The van der Waals surface area contributed by atoms with Crippen molar-refractivity contribution in [3.05, 3.63) is 179 Å². The van der Waals surface area contributed by atoms with E-state index in [0.717, 1.165) is 41.9 Å². The molecular weight excluding hydrogens is 695 g/mol. The summed E-state index contributed by atoms with van der Waals surface area (Å²) >= 11 is 0. The molecule has 0 saturated carbocycles. The second-order valence-electron chi connectivity index (χ2n) is 16.8. The van der Waals surface area contributed by atoms with Crippen LogP contribution in [0.1, 0.15) is 85.0 Å². The van der Waals surface area contributed by atoms with E-state index in [1.807, 2.05) is 6.21 Å². The number of hydrogen-bond donors (Lipinski definition) is 1. The lowest BCUT2D eigenvalue weighted by atomic mass is 9.74. The molecule has 4 unspecified atom stereocenters. The summed E-state index contributed by atoms with van der Waals surface area (Å²) < 4.78 is 8.62. The minimum absolute atomic E-state index is 0.136. The lowest BCUT2D eigenvalue weighted by Gasteiger charge is -2.30. The van der Waals surface area contributed by atoms with E-state index in [2.05, 4.69) is 182 Å². The van der Waals surface area contributed by atoms with E-state index < -0.39 is 0 Å². The SMILES string of the molecule is CC1C=Cc2cccc(C3=CCC(C)(c4ccc5c6ccccc6n(C6N=CC=C(c7cccc(-c8ccc9oc%10c(c9c8)C(C)CC=C%10)c7)N6)c5c4)C=C3)c2C1. The first kappa shape index (κ1) is 33.9. The van der Waals surface area contributed by atoms with Gasteiger partial charge in [0.05, 0.1) is 11.0 Å². The molecule has 0 radical (unpaired) electrons. The van der Waals surface area contributed by atoms with E-state index in [4.69, 9.17) is 9.41 Å². The Morgan fingerprint density at radius 1 is 0.789 bits per heavy atom. The fourth-order valence-corrected chi connectivity index (χ4v) is 9.73. The van der Waals surface area contributed by atoms with Crippen LogP contribution in [0.4, 0.5) is 0 Å². The molecule has 0 bridgehead atoms. The topological polar surface area (TPSA) is 42.5 Å². The number of nitrogens with one attached hydrogen (secondary N) is 1. The Kier molecular flexibility index (Phi) is 7.79. The van der Waals surface area contributed by atoms with E-state index in [1.54, 1.807) is 0 Å². The van der Waals surface area contributed by atoms with Crippen LogP contribution in [0.3, 0.4) is 0 Å². The number of aliphatic imine (C=N–C) groups is 1. The third kappa shape index (κ3) is 5.61. The Hall–Kier alpha value is -6.39. The van der Waals surface area contributed by atoms with Crippen LogP contribution in [0, 0.1) is 5.92 Å². The largest absolute Gasteiger partial charge is 0.456 e. The number of benzene rings is 5. The van der Waals surface area contributed by atoms with E-state index in [-0.39, 0.29) is 11.7 Å². The van der Waals surface area contributed by atoms with Crippen molar-refractivity contribution in [2.24, 2.45) is 10.9 Å². The average Bonchev–Trinajstić information content (AvgIpc) is 3.80. The first-order valence-electron chi connectivity index (χ1n) is 20.5. The Morgan fingerprint density at radius 2 is 1.65 bits per heavy atom. The van der Waals surface area contributed by atoms with Gasteiger partial charge >= 0.3 is 0 Å². The molecule has 7 aromatic rings. The number of hydrogen-bond acceptors (Lipinski definition) is 3. The monoisotopic (exact) mass is 739 g/mol. The fourth-order valence-electron chi connectivity index (χ4n) is 9.73. The minimum Gasteiger partial charge on any atom is -0.456 e. The number of rotatable bonds is 5. The predicted molar refractivity (Wildman–Crippen MR) is 239 cm³/mol. The maximum Gasteiger partial charge on any atom is 0.200 e. The summed E-state index contributed by atoms with van der Waals surface area (Å²) in [7, 11) is 0. The van der Waals surface area contributed by atoms with Crippen molar-refractivity contribution in [3.63, 3.8) is 0 Å². The smallest absolute Gasteiger partial charge is 0.200 e. The van der Waals surface area contributed by atoms with Gasteiger partial charge in [-0.05, 0) is 118 Å². The summed E-state index contributed by atoms with van der Waals surface area (Å²) in [5.41, 5.74) is 15.9. The lowest BCUT2D eigenvalue weighted by molar-refractivity contribution is 0.510. The van der Waals surface area contributed by atoms with Crippen molar-refractivity contribution in [1.29, 1.82) is 0 Å². The molecule has 2 aromatic heterocycles. The Morgan fingerprint density at radius 3 is 2.56 bits per heavy atom. The molecule has 4 atom stereocenters. The van der Waals surface area contributed by atoms with Crippen molar-refractivity contribution in [2.75, 3.05) is 0 Å². The molecule has 4 heteroatoms. The van der Waals surface area contributed by atoms with Gasteiger partial charge in [0.2, 0.25) is 6.29 Å². The highest BCUT2D eigenvalue weighted by Gasteiger charge is 2.29. The van der Waals surface area contributed by atoms with Crippen LogP contribution in [0.2, 0.25) is 0 Å². The highest BCUT2D eigenvalue weighted by atomic mass is 16.3. The van der Waals surface area contributed by atoms with Gasteiger partial charge in [-0.1, -0.05) is 130 Å². The Balaban J connectivity index is 0.917. The summed E-state index contributed by atoms with van der Waals surface area (Å²) in [6.07, 6.45) is 23.0. The summed E-state index contributed by atoms with van der Waals surface area (Å²) in [4.78, 5) is 5.05. The van der Waals surface area contributed by atoms with Gasteiger partial charge < -0.3 is 14.3 Å². The third-order valence-electron chi connectivity index (χ3n) is 12.9. The van der Waals surface area contributed by atoms with Gasteiger partial charge in [0.1, 0.15) is 11.3 Å². The predicted octanol–water partition coefficient (Wildman–Crippen LogP) is 13.4. The second-order valence-corrected chi connectivity index (χ2v) is 16.8. The Bertz CT molecular complexity index is 2980. The molecule has 0 fully saturated rings. The van der Waals surface area contributed by atoms with Crippen molar-refractivity contribution in [2.45, 2.75) is 57.7 Å². The maximum absolute atomic E-state index is 6.24. The molecule has 278 valence electrons. The van der Waals surface area contributed by atoms with E-state index in [1.165, 1.54) is 71.7 Å². The van der Waals surface area contributed by atoms with Crippen LogP contribution in [0.5, 0.6) is 0 Å². The number of furan rings is 1. The van der Waals surface area contributed by atoms with Crippen molar-refractivity contribution < 1.29 is 4.42 Å². The fraction of sp³-hybridized carbons (Fsp3) is 0.189. The number of allylic oxidation sites excluding steroid dienone is 7. The third-order valence-corrected chi connectivity index (χ3v) is 12.9. The molecule has 1 aliphatic heterocycles. The minimum atomic E-state index is -0.309. The summed E-state index contributed by atoms with van der Waals surface area (Å²) in [5.74, 6) is 2.00. The molecule has 3 aliphatic carbocycles. The van der Waals surface area contributed by atoms with Gasteiger partial charge in [0.15, 0.2) is 0 Å². The number of fused-ring (bicyclic) bond motifs is 7. The second kappa shape index (κ2) is 13.1.